The van der Waals surface area contributed by atoms with E-state index in [1.165, 1.54) is 0 Å². The Morgan fingerprint density at radius 2 is 2.19 bits per heavy atom. The third-order valence-electron chi connectivity index (χ3n) is 3.65. The number of aromatic nitrogens is 1. The summed E-state index contributed by atoms with van der Waals surface area (Å²) >= 11 is 12.2. The maximum absolute atomic E-state index is 12.3. The van der Waals surface area contributed by atoms with Crippen molar-refractivity contribution in [3.05, 3.63) is 46.1 Å². The van der Waals surface area contributed by atoms with Crippen LogP contribution < -0.4 is 5.32 Å². The van der Waals surface area contributed by atoms with Crippen molar-refractivity contribution in [3.63, 3.8) is 0 Å². The SMILES string of the molecule is O=C(N[C@@H]1C=C[C@H](CO)C1)c1[nH]c2ccc(Cl)cc2c1Cl. The monoisotopic (exact) mass is 324 g/mol. The highest BCUT2D eigenvalue weighted by Crippen LogP contribution is 2.30. The number of rotatable bonds is 3. The molecule has 0 saturated carbocycles. The predicted octanol–water partition coefficient (Wildman–Crippen LogP) is 3.14. The van der Waals surface area contributed by atoms with Gasteiger partial charge in [-0.05, 0) is 24.6 Å². The van der Waals surface area contributed by atoms with E-state index in [1.807, 2.05) is 12.2 Å². The molecule has 3 rings (SSSR count). The molecule has 0 bridgehead atoms. The van der Waals surface area contributed by atoms with Crippen LogP contribution in [0.15, 0.2) is 30.4 Å². The second kappa shape index (κ2) is 5.72. The Kier molecular flexibility index (Phi) is 3.93. The fourth-order valence-electron chi connectivity index (χ4n) is 2.55. The Balaban J connectivity index is 1.82. The lowest BCUT2D eigenvalue weighted by atomic mass is 10.1. The summed E-state index contributed by atoms with van der Waals surface area (Å²) in [6, 6.07) is 5.17. The van der Waals surface area contributed by atoms with Crippen molar-refractivity contribution in [1.29, 1.82) is 0 Å². The molecule has 0 radical (unpaired) electrons. The van der Waals surface area contributed by atoms with Crippen LogP contribution in [0, 0.1) is 5.92 Å². The van der Waals surface area contributed by atoms with Crippen LogP contribution in [0.5, 0.6) is 0 Å². The van der Waals surface area contributed by atoms with E-state index in [-0.39, 0.29) is 24.5 Å². The van der Waals surface area contributed by atoms with Crippen LogP contribution in [0.1, 0.15) is 16.9 Å². The largest absolute Gasteiger partial charge is 0.396 e. The van der Waals surface area contributed by atoms with Gasteiger partial charge in [0, 0.05) is 34.5 Å². The van der Waals surface area contributed by atoms with Gasteiger partial charge in [-0.15, -0.1) is 0 Å². The summed E-state index contributed by atoms with van der Waals surface area (Å²) in [5.74, 6) is -0.159. The van der Waals surface area contributed by atoms with Crippen molar-refractivity contribution in [1.82, 2.24) is 10.3 Å². The Morgan fingerprint density at radius 1 is 1.38 bits per heavy atom. The van der Waals surface area contributed by atoms with E-state index in [0.29, 0.717) is 22.2 Å². The number of benzene rings is 1. The van der Waals surface area contributed by atoms with Crippen molar-refractivity contribution >= 4 is 40.0 Å². The van der Waals surface area contributed by atoms with Crippen LogP contribution in [0.4, 0.5) is 0 Å². The van der Waals surface area contributed by atoms with Gasteiger partial charge in [0.15, 0.2) is 0 Å². The second-order valence-electron chi connectivity index (χ2n) is 5.15. The minimum absolute atomic E-state index is 0.0827. The summed E-state index contributed by atoms with van der Waals surface area (Å²) in [6.07, 6.45) is 4.51. The minimum Gasteiger partial charge on any atom is -0.396 e. The van der Waals surface area contributed by atoms with E-state index >= 15 is 0 Å². The lowest BCUT2D eigenvalue weighted by Gasteiger charge is -2.12. The summed E-state index contributed by atoms with van der Waals surface area (Å²) in [5.41, 5.74) is 1.10. The molecule has 0 saturated heterocycles. The van der Waals surface area contributed by atoms with E-state index < -0.39 is 0 Å². The van der Waals surface area contributed by atoms with E-state index in [0.717, 1.165) is 10.9 Å². The summed E-state index contributed by atoms with van der Waals surface area (Å²) < 4.78 is 0. The Labute approximate surface area is 131 Å². The van der Waals surface area contributed by atoms with E-state index in [4.69, 9.17) is 28.3 Å². The van der Waals surface area contributed by atoms with E-state index in [1.54, 1.807) is 18.2 Å². The number of carbonyl (C=O) groups is 1. The third kappa shape index (κ3) is 2.79. The highest BCUT2D eigenvalue weighted by molar-refractivity contribution is 6.39. The van der Waals surface area contributed by atoms with Crippen molar-refractivity contribution < 1.29 is 9.90 Å². The van der Waals surface area contributed by atoms with Crippen molar-refractivity contribution in [2.45, 2.75) is 12.5 Å². The first-order valence-corrected chi connectivity index (χ1v) is 7.41. The summed E-state index contributed by atoms with van der Waals surface area (Å²) in [6.45, 7) is 0.0918. The van der Waals surface area contributed by atoms with Gasteiger partial charge in [-0.25, -0.2) is 0 Å². The van der Waals surface area contributed by atoms with Gasteiger partial charge in [0.1, 0.15) is 5.69 Å². The van der Waals surface area contributed by atoms with Gasteiger partial charge in [-0.2, -0.15) is 0 Å². The standard InChI is InChI=1S/C15H14Cl2N2O2/c16-9-2-4-12-11(6-9)13(17)14(19-12)15(21)18-10-3-1-8(5-10)7-20/h1-4,6,8,10,19-20H,5,7H2,(H,18,21)/t8-,10+/m0/s1. The van der Waals surface area contributed by atoms with Gasteiger partial charge in [0.25, 0.3) is 5.91 Å². The Bertz CT molecular complexity index is 724. The number of aliphatic hydroxyl groups excluding tert-OH is 1. The number of aromatic amines is 1. The number of nitrogens with one attached hydrogen (secondary N) is 2. The minimum atomic E-state index is -0.263. The van der Waals surface area contributed by atoms with Crippen LogP contribution in [0.3, 0.4) is 0 Å². The molecule has 0 unspecified atom stereocenters. The molecule has 6 heteroatoms. The van der Waals surface area contributed by atoms with Gasteiger partial charge in [0.05, 0.1) is 5.02 Å². The highest BCUT2D eigenvalue weighted by Gasteiger charge is 2.23. The van der Waals surface area contributed by atoms with Crippen LogP contribution in [-0.2, 0) is 0 Å². The molecule has 0 spiro atoms. The molecule has 0 aliphatic heterocycles. The van der Waals surface area contributed by atoms with E-state index in [2.05, 4.69) is 10.3 Å². The maximum Gasteiger partial charge on any atom is 0.269 e. The first-order valence-electron chi connectivity index (χ1n) is 6.65. The predicted molar refractivity (Wildman–Crippen MR) is 83.9 cm³/mol. The molecular weight excluding hydrogens is 311 g/mol. The smallest absolute Gasteiger partial charge is 0.269 e. The van der Waals surface area contributed by atoms with Crippen LogP contribution in [0.25, 0.3) is 10.9 Å². The average Bonchev–Trinajstić information content (AvgIpc) is 3.04. The fourth-order valence-corrected chi connectivity index (χ4v) is 3.01. The lowest BCUT2D eigenvalue weighted by Crippen LogP contribution is -2.33. The fraction of sp³-hybridized carbons (Fsp3) is 0.267. The van der Waals surface area contributed by atoms with E-state index in [9.17, 15) is 4.79 Å². The maximum atomic E-state index is 12.3. The molecule has 4 nitrogen and oxygen atoms in total. The molecule has 2 aromatic rings. The summed E-state index contributed by atoms with van der Waals surface area (Å²) in [7, 11) is 0. The average molecular weight is 325 g/mol. The number of carbonyl (C=O) groups excluding carboxylic acids is 1. The number of aliphatic hydroxyl groups is 1. The highest BCUT2D eigenvalue weighted by atomic mass is 35.5. The molecule has 110 valence electrons. The van der Waals surface area contributed by atoms with Crippen molar-refractivity contribution in [2.24, 2.45) is 5.92 Å². The van der Waals surface area contributed by atoms with Gasteiger partial charge in [0.2, 0.25) is 0 Å². The number of H-pyrrole nitrogens is 1. The Hall–Kier alpha value is -1.49. The molecule has 3 N–H and O–H groups in total. The molecule has 0 fully saturated rings. The first kappa shape index (κ1) is 14.4. The van der Waals surface area contributed by atoms with Gasteiger partial charge in [-0.3, -0.25) is 4.79 Å². The molecular formula is C15H14Cl2N2O2. The molecule has 1 aliphatic rings. The van der Waals surface area contributed by atoms with Gasteiger partial charge >= 0.3 is 0 Å². The summed E-state index contributed by atoms with van der Waals surface area (Å²) in [4.78, 5) is 15.3. The molecule has 2 atom stereocenters. The molecule has 21 heavy (non-hydrogen) atoms. The Morgan fingerprint density at radius 3 is 2.90 bits per heavy atom. The van der Waals surface area contributed by atoms with Crippen LogP contribution in [0.2, 0.25) is 10.0 Å². The number of halogens is 2. The first-order chi connectivity index (χ1) is 10.1. The quantitative estimate of drug-likeness (QED) is 0.759. The second-order valence-corrected chi connectivity index (χ2v) is 5.96. The lowest BCUT2D eigenvalue weighted by molar-refractivity contribution is 0.0937. The zero-order chi connectivity index (χ0) is 15.0. The molecule has 1 aromatic carbocycles. The molecule has 1 heterocycles. The molecule has 1 aliphatic carbocycles. The summed E-state index contributed by atoms with van der Waals surface area (Å²) in [5, 5.41) is 13.6. The number of hydrogen-bond donors (Lipinski definition) is 3. The van der Waals surface area contributed by atoms with Gasteiger partial charge in [-0.1, -0.05) is 35.4 Å². The van der Waals surface area contributed by atoms with Crippen LogP contribution >= 0.6 is 23.2 Å². The normalized spacial score (nSPS) is 21.1. The van der Waals surface area contributed by atoms with Crippen LogP contribution in [-0.4, -0.2) is 28.6 Å². The molecule has 1 aromatic heterocycles. The zero-order valence-electron chi connectivity index (χ0n) is 11.1. The number of amides is 1. The number of fused-ring (bicyclic) bond motifs is 1. The topological polar surface area (TPSA) is 65.1 Å². The zero-order valence-corrected chi connectivity index (χ0v) is 12.6. The number of hydrogen-bond acceptors (Lipinski definition) is 2. The third-order valence-corrected chi connectivity index (χ3v) is 4.28. The van der Waals surface area contributed by atoms with Gasteiger partial charge < -0.3 is 15.4 Å². The van der Waals surface area contributed by atoms with Crippen molar-refractivity contribution in [3.8, 4) is 0 Å². The van der Waals surface area contributed by atoms with Crippen molar-refractivity contribution in [2.75, 3.05) is 6.61 Å². The molecule has 1 amide bonds.